The molecule has 7 unspecified atom stereocenters. The zero-order valence-electron chi connectivity index (χ0n) is 56.4. The molecule has 0 radical (unpaired) electrons. The predicted molar refractivity (Wildman–Crippen MR) is 382 cm³/mol. The third kappa shape index (κ3) is 55.0. The fourth-order valence-electron chi connectivity index (χ4n) is 10.2. The van der Waals surface area contributed by atoms with Crippen LogP contribution in [-0.4, -0.2) is 87.5 Å². The van der Waals surface area contributed by atoms with Crippen molar-refractivity contribution in [2.45, 2.75) is 314 Å². The lowest BCUT2D eigenvalue weighted by Gasteiger charge is -2.40. The van der Waals surface area contributed by atoms with Crippen LogP contribution in [0.5, 0.6) is 0 Å². The summed E-state index contributed by atoms with van der Waals surface area (Å²) in [6.45, 7) is 3.64. The van der Waals surface area contributed by atoms with Crippen molar-refractivity contribution in [3.05, 3.63) is 170 Å². The molecule has 1 aliphatic rings. The molecule has 0 bridgehead atoms. The zero-order valence-corrected chi connectivity index (χ0v) is 56.4. The number of aliphatic hydroxyl groups excluding tert-OH is 5. The van der Waals surface area contributed by atoms with Gasteiger partial charge in [0.2, 0.25) is 5.91 Å². The lowest BCUT2D eigenvalue weighted by molar-refractivity contribution is -0.302. The van der Waals surface area contributed by atoms with Gasteiger partial charge in [-0.15, -0.1) is 0 Å². The van der Waals surface area contributed by atoms with Crippen LogP contribution in [0.4, 0.5) is 0 Å². The maximum atomic E-state index is 13.1. The lowest BCUT2D eigenvalue weighted by Crippen LogP contribution is -2.60. The average Bonchev–Trinajstić information content (AvgIpc) is 2.59. The Morgan fingerprint density at radius 2 is 0.708 bits per heavy atom. The monoisotopic (exact) mass is 1230 g/mol. The van der Waals surface area contributed by atoms with Gasteiger partial charge >= 0.3 is 0 Å². The van der Waals surface area contributed by atoms with Gasteiger partial charge in [0.15, 0.2) is 6.29 Å². The van der Waals surface area contributed by atoms with E-state index in [1.807, 2.05) is 6.08 Å². The largest absolute Gasteiger partial charge is 0.394 e. The SMILES string of the molecule is CC/C=C\C/C=C\C/C=C\C/C=C\C/C=C\C/C=C\C/C=C\C/C=C\C/C=C\C/C=C\C/C=C\C/C=C\CCCCCCC(=O)NC(COC1OC(CO)C(O)C(O)C1O)C(O)/C=C/CC/C=C/CCCCCCCCCCCCCCCCCCCCC. The average molecular weight is 1230 g/mol. The highest BCUT2D eigenvalue weighted by Gasteiger charge is 2.44. The summed E-state index contributed by atoms with van der Waals surface area (Å²) in [5, 5.41) is 54.7. The number of hydrogen-bond acceptors (Lipinski definition) is 8. The topological polar surface area (TPSA) is 149 Å². The van der Waals surface area contributed by atoms with E-state index in [0.717, 1.165) is 122 Å². The highest BCUT2D eigenvalue weighted by atomic mass is 16.7. The van der Waals surface area contributed by atoms with Gasteiger partial charge in [0.05, 0.1) is 25.4 Å². The third-order valence-corrected chi connectivity index (χ3v) is 15.8. The summed E-state index contributed by atoms with van der Waals surface area (Å²) in [4.78, 5) is 13.1. The summed E-state index contributed by atoms with van der Waals surface area (Å²) in [7, 11) is 0. The van der Waals surface area contributed by atoms with Crippen LogP contribution in [0.25, 0.3) is 0 Å². The van der Waals surface area contributed by atoms with Crippen molar-refractivity contribution >= 4 is 5.91 Å². The van der Waals surface area contributed by atoms with Gasteiger partial charge in [0.1, 0.15) is 24.4 Å². The molecular weight excluding hydrogens is 1100 g/mol. The molecule has 1 fully saturated rings. The highest BCUT2D eigenvalue weighted by Crippen LogP contribution is 2.23. The number of nitrogens with one attached hydrogen (secondary N) is 1. The van der Waals surface area contributed by atoms with E-state index in [1.54, 1.807) is 6.08 Å². The molecule has 7 atom stereocenters. The van der Waals surface area contributed by atoms with Crippen LogP contribution in [-0.2, 0) is 14.3 Å². The van der Waals surface area contributed by atoms with Crippen molar-refractivity contribution in [1.29, 1.82) is 0 Å². The lowest BCUT2D eigenvalue weighted by atomic mass is 9.99. The second-order valence-corrected chi connectivity index (χ2v) is 23.9. The van der Waals surface area contributed by atoms with Crippen LogP contribution in [0.1, 0.15) is 271 Å². The molecule has 9 nitrogen and oxygen atoms in total. The number of unbranched alkanes of at least 4 members (excludes halogenated alkanes) is 24. The second-order valence-electron chi connectivity index (χ2n) is 23.9. The molecule has 1 heterocycles. The molecule has 1 aliphatic heterocycles. The summed E-state index contributed by atoms with van der Waals surface area (Å²) in [6.07, 6.45) is 98.8. The van der Waals surface area contributed by atoms with Crippen molar-refractivity contribution in [2.75, 3.05) is 13.2 Å². The third-order valence-electron chi connectivity index (χ3n) is 15.8. The summed E-state index contributed by atoms with van der Waals surface area (Å²) in [5.74, 6) is -0.216. The van der Waals surface area contributed by atoms with E-state index in [9.17, 15) is 30.3 Å². The Bertz CT molecular complexity index is 2020. The van der Waals surface area contributed by atoms with E-state index < -0.39 is 49.5 Å². The molecule has 0 aliphatic carbocycles. The Labute approximate surface area is 545 Å². The Morgan fingerprint density at radius 1 is 0.393 bits per heavy atom. The van der Waals surface area contributed by atoms with Crippen LogP contribution < -0.4 is 5.32 Å². The minimum Gasteiger partial charge on any atom is -0.394 e. The van der Waals surface area contributed by atoms with Crippen LogP contribution in [0.3, 0.4) is 0 Å². The van der Waals surface area contributed by atoms with Crippen molar-refractivity contribution < 1.29 is 39.8 Å². The standard InChI is InChI=1S/C80H131NO8/c1-3-5-7-9-11-13-15-17-19-21-23-25-27-29-30-31-32-33-34-35-36-37-38-39-40-41-42-43-44-46-48-50-52-54-56-58-60-62-64-66-68-70-76(84)81-73(72-88-80-79(87)78(86)77(85)75(71-82)89-80)74(83)69-67-65-63-61-59-57-55-53-51-49-47-45-28-26-24-22-20-18-16-14-12-10-8-6-4-2/h5,7,11,13,17,19,23,25,29-30,32-33,35-36,38-39,41-42,44,46,50,52,56,58-59,61,67,69,73-75,77-80,82-83,85-87H,3-4,6,8-10,12,14-16,18,20-22,24,26-28,31,34,37,40,43,45,47-49,51,53-55,57,60,62-66,68,70-72H2,1-2H3,(H,81,84)/b7-5-,13-11-,19-17-,25-23-,30-29-,33-32-,36-35-,39-38-,42-41-,46-44-,52-50-,58-56-,61-59+,69-67+. The summed E-state index contributed by atoms with van der Waals surface area (Å²) in [6, 6.07) is -0.850. The molecule has 0 aromatic heterocycles. The van der Waals surface area contributed by atoms with Crippen LogP contribution >= 0.6 is 0 Å². The number of ether oxygens (including phenoxy) is 2. The van der Waals surface area contributed by atoms with Crippen molar-refractivity contribution in [2.24, 2.45) is 0 Å². The van der Waals surface area contributed by atoms with Crippen molar-refractivity contribution in [3.63, 3.8) is 0 Å². The Morgan fingerprint density at radius 3 is 1.08 bits per heavy atom. The summed E-state index contributed by atoms with van der Waals surface area (Å²) < 4.78 is 11.3. The maximum Gasteiger partial charge on any atom is 0.220 e. The molecule has 1 amide bonds. The van der Waals surface area contributed by atoms with E-state index in [0.29, 0.717) is 12.8 Å². The van der Waals surface area contributed by atoms with E-state index in [4.69, 9.17) is 9.47 Å². The van der Waals surface area contributed by atoms with Crippen molar-refractivity contribution in [3.8, 4) is 0 Å². The number of amides is 1. The smallest absolute Gasteiger partial charge is 0.220 e. The van der Waals surface area contributed by atoms with Gasteiger partial charge in [-0.3, -0.25) is 4.79 Å². The maximum absolute atomic E-state index is 13.1. The van der Waals surface area contributed by atoms with Gasteiger partial charge < -0.3 is 40.3 Å². The fourth-order valence-corrected chi connectivity index (χ4v) is 10.2. The van der Waals surface area contributed by atoms with Gasteiger partial charge in [-0.25, -0.2) is 0 Å². The van der Waals surface area contributed by atoms with E-state index in [-0.39, 0.29) is 12.5 Å². The highest BCUT2D eigenvalue weighted by molar-refractivity contribution is 5.76. The Kier molecular flexibility index (Phi) is 61.7. The Hall–Kier alpha value is -4.45. The molecule has 0 spiro atoms. The molecule has 504 valence electrons. The fraction of sp³-hybridized carbons (Fsp3) is 0.637. The molecule has 0 aromatic rings. The van der Waals surface area contributed by atoms with Gasteiger partial charge in [-0.2, -0.15) is 0 Å². The number of carbonyl (C=O) groups is 1. The molecular formula is C80H131NO8. The molecule has 9 heteroatoms. The van der Waals surface area contributed by atoms with Crippen molar-refractivity contribution in [1.82, 2.24) is 5.32 Å². The number of rotatable bonds is 60. The van der Waals surface area contributed by atoms with Crippen LogP contribution in [0.15, 0.2) is 170 Å². The minimum atomic E-state index is -1.59. The summed E-state index contributed by atoms with van der Waals surface area (Å²) >= 11 is 0. The number of hydrogen-bond donors (Lipinski definition) is 6. The van der Waals surface area contributed by atoms with Gasteiger partial charge in [-0.05, 0) is 122 Å². The molecule has 6 N–H and O–H groups in total. The van der Waals surface area contributed by atoms with E-state index in [2.05, 4.69) is 177 Å². The molecule has 0 saturated carbocycles. The van der Waals surface area contributed by atoms with Gasteiger partial charge in [-0.1, -0.05) is 312 Å². The first-order chi connectivity index (χ1) is 43.8. The minimum absolute atomic E-state index is 0.216. The molecule has 1 saturated heterocycles. The summed E-state index contributed by atoms with van der Waals surface area (Å²) in [5.41, 5.74) is 0. The van der Waals surface area contributed by atoms with Crippen LogP contribution in [0.2, 0.25) is 0 Å². The van der Waals surface area contributed by atoms with Gasteiger partial charge in [0.25, 0.3) is 0 Å². The number of carbonyl (C=O) groups excluding carboxylic acids is 1. The first-order valence-corrected chi connectivity index (χ1v) is 35.9. The molecule has 0 aromatic carbocycles. The van der Waals surface area contributed by atoms with E-state index >= 15 is 0 Å². The first-order valence-electron chi connectivity index (χ1n) is 35.9. The zero-order chi connectivity index (χ0) is 64.2. The van der Waals surface area contributed by atoms with Gasteiger partial charge in [0, 0.05) is 6.42 Å². The number of allylic oxidation sites excluding steroid dienone is 27. The predicted octanol–water partition coefficient (Wildman–Crippen LogP) is 20.1. The van der Waals surface area contributed by atoms with Crippen LogP contribution in [0, 0.1) is 0 Å². The number of aliphatic hydroxyl groups is 5. The van der Waals surface area contributed by atoms with E-state index in [1.165, 1.54) is 122 Å². The quantitative estimate of drug-likeness (QED) is 0.0261. The normalized spacial score (nSPS) is 18.9. The first kappa shape index (κ1) is 82.6. The second kappa shape index (κ2) is 66.5. The Balaban J connectivity index is 2.21. The molecule has 1 rings (SSSR count). The molecule has 89 heavy (non-hydrogen) atoms.